The zero-order valence-corrected chi connectivity index (χ0v) is 22.5. The zero-order valence-electron chi connectivity index (χ0n) is 20.7. The van der Waals surface area contributed by atoms with Crippen LogP contribution in [0.4, 0.5) is 5.82 Å². The number of esters is 1. The van der Waals surface area contributed by atoms with Gasteiger partial charge < -0.3 is 0 Å². The van der Waals surface area contributed by atoms with Gasteiger partial charge in [-0.3, -0.25) is 0 Å². The molecule has 2 aliphatic heterocycles. The Hall–Kier alpha value is -2.52. The van der Waals surface area contributed by atoms with Crippen LogP contribution in [-0.4, -0.2) is 79.0 Å². The number of nitrogen functional groups attached to an aromatic ring is 1. The van der Waals surface area contributed by atoms with Crippen molar-refractivity contribution in [3.8, 4) is 5.75 Å². The number of anilines is 1. The first-order valence-corrected chi connectivity index (χ1v) is 14.4. The molecule has 2 saturated heterocycles. The van der Waals surface area contributed by atoms with Gasteiger partial charge in [0.25, 0.3) is 0 Å². The number of carbonyl (C=O) groups is 1. The molecular formula is C21H27BN5O8PS. The van der Waals surface area contributed by atoms with Crippen molar-refractivity contribution in [3.05, 3.63) is 30.6 Å². The molecule has 0 amide bonds. The second-order valence-electron chi connectivity index (χ2n) is 8.39. The van der Waals surface area contributed by atoms with Gasteiger partial charge in [0.15, 0.2) is 0 Å². The van der Waals surface area contributed by atoms with Gasteiger partial charge in [0.1, 0.15) is 0 Å². The van der Waals surface area contributed by atoms with Crippen LogP contribution in [0.25, 0.3) is 11.2 Å². The molecule has 16 heteroatoms. The van der Waals surface area contributed by atoms with Crippen LogP contribution < -0.4 is 10.5 Å². The third kappa shape index (κ3) is 5.25. The first-order chi connectivity index (χ1) is 17.8. The van der Waals surface area contributed by atoms with E-state index in [-0.39, 0.29) is 19.2 Å². The third-order valence-electron chi connectivity index (χ3n) is 6.00. The molecule has 0 radical (unpaired) electrons. The molecule has 0 aliphatic carbocycles. The Morgan fingerprint density at radius 1 is 1.30 bits per heavy atom. The van der Waals surface area contributed by atoms with Crippen LogP contribution in [0.1, 0.15) is 13.2 Å². The van der Waals surface area contributed by atoms with E-state index in [1.165, 1.54) is 25.0 Å². The van der Waals surface area contributed by atoms with Gasteiger partial charge in [-0.05, 0) is 0 Å². The van der Waals surface area contributed by atoms with E-state index in [0.717, 1.165) is 10.6 Å². The summed E-state index contributed by atoms with van der Waals surface area (Å²) in [6.45, 7) is 1.26. The molecule has 0 saturated carbocycles. The normalized spacial score (nSPS) is 25.5. The minimum atomic E-state index is -3.13. The number of hydrogen-bond donors (Lipinski definition) is 1. The van der Waals surface area contributed by atoms with E-state index in [4.69, 9.17) is 43.2 Å². The molecule has 5 rings (SSSR count). The van der Waals surface area contributed by atoms with Crippen molar-refractivity contribution in [2.24, 2.45) is 0 Å². The third-order valence-corrected chi connectivity index (χ3v) is 9.01. The zero-order chi connectivity index (χ0) is 26.2. The van der Waals surface area contributed by atoms with Crippen molar-refractivity contribution in [2.45, 2.75) is 41.5 Å². The molecule has 2 N–H and O–H groups in total. The summed E-state index contributed by atoms with van der Waals surface area (Å²) in [6.07, 6.45) is -0.777. The maximum atomic E-state index is 11.1. The molecule has 2 aromatic heterocycles. The van der Waals surface area contributed by atoms with Gasteiger partial charge in [0, 0.05) is 0 Å². The van der Waals surface area contributed by atoms with Crippen molar-refractivity contribution >= 4 is 50.1 Å². The molecular weight excluding hydrogens is 524 g/mol. The van der Waals surface area contributed by atoms with Gasteiger partial charge in [-0.15, -0.1) is 0 Å². The first kappa shape index (κ1) is 26.1. The number of carbonyl (C=O) groups excluding carboxylic acids is 1. The molecule has 4 heterocycles. The monoisotopic (exact) mass is 551 g/mol. The van der Waals surface area contributed by atoms with Gasteiger partial charge in [-0.1, -0.05) is 0 Å². The predicted molar refractivity (Wildman–Crippen MR) is 137 cm³/mol. The van der Waals surface area contributed by atoms with Crippen molar-refractivity contribution in [1.82, 2.24) is 19.5 Å². The number of imidazole rings is 1. The van der Waals surface area contributed by atoms with E-state index in [0.29, 0.717) is 16.3 Å². The average Bonchev–Trinajstić information content (AvgIpc) is 3.41. The van der Waals surface area contributed by atoms with Gasteiger partial charge >= 0.3 is 211 Å². The Kier molecular flexibility index (Phi) is 7.54. The van der Waals surface area contributed by atoms with E-state index in [2.05, 4.69) is 9.97 Å². The summed E-state index contributed by atoms with van der Waals surface area (Å²) in [5, 5.41) is 0.588. The van der Waals surface area contributed by atoms with Crippen LogP contribution in [0.15, 0.2) is 40.6 Å². The van der Waals surface area contributed by atoms with E-state index >= 15 is 0 Å². The molecule has 13 nitrogen and oxygen atoms in total. The summed E-state index contributed by atoms with van der Waals surface area (Å²) in [5.74, 6) is 0.541. The quantitative estimate of drug-likeness (QED) is 0.186. The van der Waals surface area contributed by atoms with Gasteiger partial charge in [0.2, 0.25) is 0 Å². The molecule has 1 aromatic carbocycles. The van der Waals surface area contributed by atoms with Crippen molar-refractivity contribution < 1.29 is 37.3 Å². The summed E-state index contributed by atoms with van der Waals surface area (Å²) in [6, 6.07) is 7.60. The Labute approximate surface area is 218 Å². The summed E-state index contributed by atoms with van der Waals surface area (Å²) >= 11 is 1.41. The number of fused-ring (bicyclic) bond motifs is 2. The van der Waals surface area contributed by atoms with E-state index in [1.807, 2.05) is 28.8 Å². The second kappa shape index (κ2) is 10.7. The average molecular weight is 551 g/mol. The SMILES string of the molecule is B[PH]1(OCOC(C)=O)OC[C@H]2O[C@@H](n3c(Sc4ccc(OC)cc4)nc4c(N)ncnc43)C(OC)[C@@H]2O1. The van der Waals surface area contributed by atoms with Crippen LogP contribution >= 0.6 is 19.6 Å². The minimum absolute atomic E-state index is 0.217. The fourth-order valence-corrected chi connectivity index (χ4v) is 6.86. The molecule has 0 spiro atoms. The maximum absolute atomic E-state index is 11.1. The Morgan fingerprint density at radius 3 is 2.78 bits per heavy atom. The number of aromatic nitrogens is 4. The summed E-state index contributed by atoms with van der Waals surface area (Å²) in [7, 11) is 1.80. The fourth-order valence-electron chi connectivity index (χ4n) is 4.21. The Bertz CT molecular complexity index is 1290. The Balaban J connectivity index is 1.47. The topological polar surface area (TPSA) is 151 Å². The standard InChI is InChI=1S/C21H27BN5O8PS/c1-11(28)31-10-33-36(22)32-8-14-16(35-36)17(30-3)20(34-14)27-19-15(18(23)24-9-25-19)26-21(27)37-13-6-4-12(29-2)5-7-13/h4-7,9,14,16-17,20,36H,8,10,22H2,1-3H3,(H2,23,24,25)/t14-,16-,17?,20-/m1/s1. The summed E-state index contributed by atoms with van der Waals surface area (Å²) in [4.78, 5) is 25.3. The van der Waals surface area contributed by atoms with Crippen LogP contribution in [0, 0.1) is 0 Å². The Morgan fingerprint density at radius 2 is 2.08 bits per heavy atom. The van der Waals surface area contributed by atoms with Gasteiger partial charge in [-0.2, -0.15) is 0 Å². The molecule has 1 unspecified atom stereocenters. The molecule has 37 heavy (non-hydrogen) atoms. The van der Waals surface area contributed by atoms with Crippen LogP contribution in [-0.2, 0) is 32.6 Å². The molecule has 4 atom stereocenters. The molecule has 3 aromatic rings. The number of ether oxygens (including phenoxy) is 4. The van der Waals surface area contributed by atoms with E-state index in [1.54, 1.807) is 21.8 Å². The molecule has 0 bridgehead atoms. The van der Waals surface area contributed by atoms with Gasteiger partial charge in [0.05, 0.1) is 7.11 Å². The van der Waals surface area contributed by atoms with E-state index in [9.17, 15) is 4.79 Å². The number of nitrogens with zero attached hydrogens (tertiary/aromatic N) is 4. The first-order valence-electron chi connectivity index (χ1n) is 11.4. The number of rotatable bonds is 8. The number of methoxy groups -OCH3 is 2. The molecule has 2 aliphatic rings. The fraction of sp³-hybridized carbons (Fsp3) is 0.429. The van der Waals surface area contributed by atoms with Crippen LogP contribution in [0.5, 0.6) is 5.75 Å². The predicted octanol–water partition coefficient (Wildman–Crippen LogP) is 1.48. The summed E-state index contributed by atoms with van der Waals surface area (Å²) < 4.78 is 42.2. The van der Waals surface area contributed by atoms with Crippen LogP contribution in [0.2, 0.25) is 0 Å². The second-order valence-corrected chi connectivity index (χ2v) is 12.0. The molecule has 198 valence electrons. The van der Waals surface area contributed by atoms with Gasteiger partial charge in [-0.25, -0.2) is 0 Å². The number of hydrogen-bond acceptors (Lipinski definition) is 13. The number of nitrogens with two attached hydrogens (primary N) is 1. The number of benzene rings is 1. The molecule has 2 fully saturated rings. The van der Waals surface area contributed by atoms with Crippen molar-refractivity contribution in [1.29, 1.82) is 0 Å². The summed E-state index contributed by atoms with van der Waals surface area (Å²) in [5.41, 5.74) is 7.09. The van der Waals surface area contributed by atoms with Crippen molar-refractivity contribution in [2.75, 3.05) is 33.4 Å². The van der Waals surface area contributed by atoms with Crippen LogP contribution in [0.3, 0.4) is 0 Å². The van der Waals surface area contributed by atoms with Crippen molar-refractivity contribution in [3.63, 3.8) is 0 Å². The van der Waals surface area contributed by atoms with E-state index < -0.39 is 38.3 Å².